The average Bonchev–Trinajstić information content (AvgIpc) is 2.75. The van der Waals surface area contributed by atoms with Gasteiger partial charge in [-0.2, -0.15) is 0 Å². The molecule has 0 saturated carbocycles. The Kier molecular flexibility index (Phi) is 4.55. The second kappa shape index (κ2) is 5.97. The van der Waals surface area contributed by atoms with Crippen LogP contribution in [-0.4, -0.2) is 53.4 Å². The van der Waals surface area contributed by atoms with E-state index in [2.05, 4.69) is 4.90 Å². The maximum Gasteiger partial charge on any atom is 0.265 e. The third-order valence-corrected chi connectivity index (χ3v) is 4.31. The molecule has 2 N–H and O–H groups in total. The lowest BCUT2D eigenvalue weighted by molar-refractivity contribution is 0.0659. The third-order valence-electron chi connectivity index (χ3n) is 2.85. The van der Waals surface area contributed by atoms with Crippen LogP contribution >= 0.6 is 35.2 Å². The summed E-state index contributed by atoms with van der Waals surface area (Å²) < 4.78 is 0. The summed E-state index contributed by atoms with van der Waals surface area (Å²) in [5.74, 6) is 0.0185. The van der Waals surface area contributed by atoms with Crippen molar-refractivity contribution in [3.05, 3.63) is 21.3 Å². The minimum Gasteiger partial charge on any atom is -0.392 e. The Morgan fingerprint density at radius 3 is 2.61 bits per heavy atom. The van der Waals surface area contributed by atoms with Gasteiger partial charge in [0.15, 0.2) is 0 Å². The Bertz CT molecular complexity index is 455. The minimum absolute atomic E-state index is 0.0185. The van der Waals surface area contributed by atoms with Crippen LogP contribution in [0.5, 0.6) is 0 Å². The van der Waals surface area contributed by atoms with E-state index < -0.39 is 0 Å². The van der Waals surface area contributed by atoms with E-state index in [0.717, 1.165) is 13.1 Å². The number of rotatable bonds is 3. The molecule has 2 heterocycles. The number of thiophene rings is 1. The summed E-state index contributed by atoms with van der Waals surface area (Å²) in [6.45, 7) is 3.60. The van der Waals surface area contributed by atoms with E-state index >= 15 is 0 Å². The van der Waals surface area contributed by atoms with Crippen LogP contribution in [0.25, 0.3) is 0 Å². The van der Waals surface area contributed by atoms with Gasteiger partial charge < -0.3 is 10.6 Å². The number of carbonyl (C=O) groups excluding carboxylic acids is 1. The van der Waals surface area contributed by atoms with Crippen molar-refractivity contribution in [1.82, 2.24) is 9.80 Å². The number of halogens is 1. The number of hydrogen-bond acceptors (Lipinski definition) is 4. The van der Waals surface area contributed by atoms with Gasteiger partial charge in [-0.3, -0.25) is 9.69 Å². The molecule has 0 atom stereocenters. The standard InChI is InChI=1S/C11H14ClN3OS2/c12-8-1-6-18-10(8)11(16)15-4-2-14(3-5-15)7-9(13)17/h1,6H,2-5,7H2,(H2,13,17). The Morgan fingerprint density at radius 1 is 1.44 bits per heavy atom. The average molecular weight is 304 g/mol. The van der Waals surface area contributed by atoms with Gasteiger partial charge in [-0.1, -0.05) is 23.8 Å². The molecule has 18 heavy (non-hydrogen) atoms. The monoisotopic (exact) mass is 303 g/mol. The first-order valence-corrected chi connectivity index (χ1v) is 7.27. The number of hydrogen-bond donors (Lipinski definition) is 1. The molecule has 1 saturated heterocycles. The topological polar surface area (TPSA) is 49.6 Å². The fourth-order valence-corrected chi connectivity index (χ4v) is 3.20. The summed E-state index contributed by atoms with van der Waals surface area (Å²) in [4.78, 5) is 17.3. The van der Waals surface area contributed by atoms with Crippen molar-refractivity contribution in [2.75, 3.05) is 32.7 Å². The predicted molar refractivity (Wildman–Crippen MR) is 78.5 cm³/mol. The first kappa shape index (κ1) is 13.7. The fraction of sp³-hybridized carbons (Fsp3) is 0.455. The van der Waals surface area contributed by atoms with Crippen LogP contribution in [-0.2, 0) is 0 Å². The smallest absolute Gasteiger partial charge is 0.265 e. The Labute approximate surface area is 120 Å². The summed E-state index contributed by atoms with van der Waals surface area (Å²) in [6.07, 6.45) is 0. The van der Waals surface area contributed by atoms with Gasteiger partial charge in [0.2, 0.25) is 0 Å². The molecule has 0 aromatic carbocycles. The number of carbonyl (C=O) groups is 1. The highest BCUT2D eigenvalue weighted by atomic mass is 35.5. The molecule has 2 rings (SSSR count). The van der Waals surface area contributed by atoms with Crippen LogP contribution < -0.4 is 5.73 Å². The second-order valence-corrected chi connectivity index (χ2v) is 5.98. The molecular weight excluding hydrogens is 290 g/mol. The summed E-state index contributed by atoms with van der Waals surface area (Å²) in [6, 6.07) is 1.75. The van der Waals surface area contributed by atoms with Crippen molar-refractivity contribution < 1.29 is 4.79 Å². The van der Waals surface area contributed by atoms with E-state index in [-0.39, 0.29) is 5.91 Å². The number of nitrogens with two attached hydrogens (primary N) is 1. The Balaban J connectivity index is 1.92. The predicted octanol–water partition coefficient (Wildman–Crippen LogP) is 1.45. The van der Waals surface area contributed by atoms with Gasteiger partial charge in [0, 0.05) is 32.7 Å². The molecule has 1 amide bonds. The normalized spacial score (nSPS) is 16.8. The van der Waals surface area contributed by atoms with Gasteiger partial charge in [0.05, 0.1) is 10.0 Å². The SMILES string of the molecule is NC(=S)CN1CCN(C(=O)c2sccc2Cl)CC1. The molecule has 0 spiro atoms. The highest BCUT2D eigenvalue weighted by Gasteiger charge is 2.24. The molecule has 1 aliphatic rings. The van der Waals surface area contributed by atoms with Crippen molar-refractivity contribution in [2.24, 2.45) is 5.73 Å². The first-order valence-electron chi connectivity index (χ1n) is 5.61. The summed E-state index contributed by atoms with van der Waals surface area (Å²) in [5.41, 5.74) is 5.51. The quantitative estimate of drug-likeness (QED) is 0.859. The molecule has 7 heteroatoms. The van der Waals surface area contributed by atoms with E-state index in [1.165, 1.54) is 11.3 Å². The summed E-state index contributed by atoms with van der Waals surface area (Å²) in [7, 11) is 0. The lowest BCUT2D eigenvalue weighted by Crippen LogP contribution is -2.50. The summed E-state index contributed by atoms with van der Waals surface area (Å²) >= 11 is 12.2. The van der Waals surface area contributed by atoms with E-state index in [9.17, 15) is 4.79 Å². The zero-order valence-electron chi connectivity index (χ0n) is 9.76. The van der Waals surface area contributed by atoms with Crippen molar-refractivity contribution in [2.45, 2.75) is 0 Å². The van der Waals surface area contributed by atoms with Crippen LogP contribution in [0.15, 0.2) is 11.4 Å². The molecule has 0 unspecified atom stereocenters. The summed E-state index contributed by atoms with van der Waals surface area (Å²) in [5, 5.41) is 2.37. The van der Waals surface area contributed by atoms with E-state index in [4.69, 9.17) is 29.6 Å². The lowest BCUT2D eigenvalue weighted by atomic mass is 10.3. The molecule has 98 valence electrons. The van der Waals surface area contributed by atoms with E-state index in [1.807, 2.05) is 10.3 Å². The Morgan fingerprint density at radius 2 is 2.11 bits per heavy atom. The number of amides is 1. The highest BCUT2D eigenvalue weighted by molar-refractivity contribution is 7.80. The molecular formula is C11H14ClN3OS2. The van der Waals surface area contributed by atoms with Gasteiger partial charge in [-0.15, -0.1) is 11.3 Å². The van der Waals surface area contributed by atoms with Crippen LogP contribution in [0.4, 0.5) is 0 Å². The second-order valence-electron chi connectivity index (χ2n) is 4.13. The zero-order valence-corrected chi connectivity index (χ0v) is 12.2. The maximum absolute atomic E-state index is 12.2. The lowest BCUT2D eigenvalue weighted by Gasteiger charge is -2.34. The number of thiocarbonyl (C=S) groups is 1. The van der Waals surface area contributed by atoms with E-state index in [1.54, 1.807) is 6.07 Å². The molecule has 0 aliphatic carbocycles. The molecule has 4 nitrogen and oxygen atoms in total. The number of piperazine rings is 1. The molecule has 0 bridgehead atoms. The van der Waals surface area contributed by atoms with Crippen molar-refractivity contribution in [1.29, 1.82) is 0 Å². The minimum atomic E-state index is 0.0185. The van der Waals surface area contributed by atoms with E-state index in [0.29, 0.717) is 34.5 Å². The van der Waals surface area contributed by atoms with Crippen LogP contribution in [0.1, 0.15) is 9.67 Å². The number of nitrogens with zero attached hydrogens (tertiary/aromatic N) is 2. The molecule has 1 aliphatic heterocycles. The van der Waals surface area contributed by atoms with Crippen molar-refractivity contribution in [3.8, 4) is 0 Å². The fourth-order valence-electron chi connectivity index (χ4n) is 1.92. The van der Waals surface area contributed by atoms with Gasteiger partial charge in [-0.25, -0.2) is 0 Å². The van der Waals surface area contributed by atoms with Crippen molar-refractivity contribution >= 4 is 46.1 Å². The maximum atomic E-state index is 12.2. The highest BCUT2D eigenvalue weighted by Crippen LogP contribution is 2.24. The Hall–Kier alpha value is -0.690. The van der Waals surface area contributed by atoms with Gasteiger partial charge >= 0.3 is 0 Å². The van der Waals surface area contributed by atoms with Crippen LogP contribution in [0.2, 0.25) is 5.02 Å². The largest absolute Gasteiger partial charge is 0.392 e. The first-order chi connectivity index (χ1) is 8.58. The molecule has 1 fully saturated rings. The molecule has 0 radical (unpaired) electrons. The van der Waals surface area contributed by atoms with Crippen molar-refractivity contribution in [3.63, 3.8) is 0 Å². The van der Waals surface area contributed by atoms with Gasteiger partial charge in [0.1, 0.15) is 4.88 Å². The van der Waals surface area contributed by atoms with Gasteiger partial charge in [-0.05, 0) is 11.4 Å². The third kappa shape index (κ3) is 3.20. The van der Waals surface area contributed by atoms with Gasteiger partial charge in [0.25, 0.3) is 5.91 Å². The van der Waals surface area contributed by atoms with Crippen LogP contribution in [0.3, 0.4) is 0 Å². The molecule has 1 aromatic rings. The molecule has 1 aromatic heterocycles. The van der Waals surface area contributed by atoms with Crippen LogP contribution in [0, 0.1) is 0 Å². The zero-order chi connectivity index (χ0) is 13.1.